The lowest BCUT2D eigenvalue weighted by Crippen LogP contribution is -2.26. The fourth-order valence-corrected chi connectivity index (χ4v) is 3.32. The van der Waals surface area contributed by atoms with Gasteiger partial charge in [0.25, 0.3) is 5.91 Å². The minimum atomic E-state index is -0.205. The van der Waals surface area contributed by atoms with Crippen LogP contribution in [0.1, 0.15) is 54.2 Å². The lowest BCUT2D eigenvalue weighted by atomic mass is 10.0. The zero-order chi connectivity index (χ0) is 20.4. The van der Waals surface area contributed by atoms with Gasteiger partial charge in [-0.05, 0) is 42.2 Å². The van der Waals surface area contributed by atoms with E-state index < -0.39 is 0 Å². The summed E-state index contributed by atoms with van der Waals surface area (Å²) in [6.07, 6.45) is 6.71. The van der Waals surface area contributed by atoms with Gasteiger partial charge < -0.3 is 5.32 Å². The van der Waals surface area contributed by atoms with Crippen LogP contribution in [0.2, 0.25) is 0 Å². The first-order valence-electron chi connectivity index (χ1n) is 9.68. The monoisotopic (exact) mass is 385 g/mol. The van der Waals surface area contributed by atoms with Crippen molar-refractivity contribution in [3.05, 3.63) is 83.9 Å². The fraction of sp³-hybridized carbons (Fsp3) is 0.217. The van der Waals surface area contributed by atoms with Gasteiger partial charge in [0, 0.05) is 24.2 Å². The van der Waals surface area contributed by atoms with E-state index in [9.17, 15) is 4.79 Å². The van der Waals surface area contributed by atoms with Crippen LogP contribution in [-0.2, 0) is 0 Å². The first kappa shape index (κ1) is 18.8. The molecule has 1 unspecified atom stereocenters. The highest BCUT2D eigenvalue weighted by atomic mass is 16.1. The van der Waals surface area contributed by atoms with Crippen LogP contribution in [0.3, 0.4) is 0 Å². The van der Waals surface area contributed by atoms with Crippen molar-refractivity contribution in [2.24, 2.45) is 0 Å². The number of fused-ring (bicyclic) bond motifs is 1. The largest absolute Gasteiger partial charge is 0.345 e. The topological polar surface area (TPSA) is 72.2 Å². The number of nitrogens with zero attached hydrogens (tertiary/aromatic N) is 4. The number of carbonyl (C=O) groups excluding carboxylic acids is 1. The van der Waals surface area contributed by atoms with Crippen LogP contribution in [0, 0.1) is 0 Å². The first-order chi connectivity index (χ1) is 14.0. The van der Waals surface area contributed by atoms with Crippen LogP contribution in [0.25, 0.3) is 16.9 Å². The second-order valence-corrected chi connectivity index (χ2v) is 7.38. The highest BCUT2D eigenvalue weighted by Gasteiger charge is 2.18. The second kappa shape index (κ2) is 7.83. The molecule has 3 aromatic heterocycles. The maximum Gasteiger partial charge on any atom is 0.257 e. The Labute approximate surface area is 169 Å². The number of carbonyl (C=O) groups is 1. The lowest BCUT2D eigenvalue weighted by molar-refractivity contribution is 0.0941. The van der Waals surface area contributed by atoms with E-state index in [4.69, 9.17) is 0 Å². The molecule has 6 nitrogen and oxygen atoms in total. The lowest BCUT2D eigenvalue weighted by Gasteiger charge is -2.13. The highest BCUT2D eigenvalue weighted by Crippen LogP contribution is 2.24. The zero-order valence-corrected chi connectivity index (χ0v) is 16.7. The van der Waals surface area contributed by atoms with E-state index in [-0.39, 0.29) is 11.9 Å². The maximum atomic E-state index is 12.9. The van der Waals surface area contributed by atoms with Crippen LogP contribution < -0.4 is 5.32 Å². The SMILES string of the molecule is CC(C)c1ccc(-c2ccnc3c(C(=O)NC(C)c4ccncc4)cnn23)cc1. The van der Waals surface area contributed by atoms with Gasteiger partial charge in [0.1, 0.15) is 5.56 Å². The van der Waals surface area contributed by atoms with Gasteiger partial charge in [-0.3, -0.25) is 9.78 Å². The van der Waals surface area contributed by atoms with E-state index >= 15 is 0 Å². The predicted octanol–water partition coefficient (Wildman–Crippen LogP) is 4.41. The zero-order valence-electron chi connectivity index (χ0n) is 16.7. The Hall–Kier alpha value is -3.54. The van der Waals surface area contributed by atoms with Crippen molar-refractivity contribution in [1.82, 2.24) is 24.9 Å². The maximum absolute atomic E-state index is 12.9. The first-order valence-corrected chi connectivity index (χ1v) is 9.68. The van der Waals surface area contributed by atoms with Crippen LogP contribution in [0.5, 0.6) is 0 Å². The van der Waals surface area contributed by atoms with Gasteiger partial charge in [0.15, 0.2) is 5.65 Å². The molecular weight excluding hydrogens is 362 g/mol. The summed E-state index contributed by atoms with van der Waals surface area (Å²) in [6.45, 7) is 6.28. The minimum absolute atomic E-state index is 0.146. The number of aromatic nitrogens is 4. The van der Waals surface area contributed by atoms with Gasteiger partial charge in [0.05, 0.1) is 17.9 Å². The Balaban J connectivity index is 1.64. The molecule has 0 saturated carbocycles. The number of rotatable bonds is 5. The molecule has 3 heterocycles. The van der Waals surface area contributed by atoms with Gasteiger partial charge >= 0.3 is 0 Å². The standard InChI is InChI=1S/C23H23N5O/c1-15(2)17-4-6-19(7-5-17)21-10-13-25-22-20(14-26-28(21)22)23(29)27-16(3)18-8-11-24-12-9-18/h4-16H,1-3H3,(H,27,29). The molecule has 0 bridgehead atoms. The summed E-state index contributed by atoms with van der Waals surface area (Å²) in [5, 5.41) is 7.45. The molecule has 0 aliphatic carbocycles. The Kier molecular flexibility index (Phi) is 5.08. The molecule has 0 spiro atoms. The van der Waals surface area contributed by atoms with Crippen molar-refractivity contribution < 1.29 is 4.79 Å². The summed E-state index contributed by atoms with van der Waals surface area (Å²) in [5.41, 5.74) is 5.18. The highest BCUT2D eigenvalue weighted by molar-refractivity contribution is 6.00. The molecule has 1 atom stereocenters. The summed E-state index contributed by atoms with van der Waals surface area (Å²) in [6, 6.07) is 13.9. The van der Waals surface area contributed by atoms with Gasteiger partial charge in [-0.15, -0.1) is 0 Å². The van der Waals surface area contributed by atoms with Gasteiger partial charge in [0.2, 0.25) is 0 Å². The van der Waals surface area contributed by atoms with Crippen LogP contribution >= 0.6 is 0 Å². The third-order valence-corrected chi connectivity index (χ3v) is 5.07. The molecule has 0 aliphatic heterocycles. The molecule has 0 saturated heterocycles. The number of pyridine rings is 1. The number of nitrogens with one attached hydrogen (secondary N) is 1. The average molecular weight is 385 g/mol. The summed E-state index contributed by atoms with van der Waals surface area (Å²) in [4.78, 5) is 21.3. The van der Waals surface area contributed by atoms with Crippen LogP contribution in [0.15, 0.2) is 67.3 Å². The molecule has 29 heavy (non-hydrogen) atoms. The Morgan fingerprint density at radius 2 is 1.66 bits per heavy atom. The van der Waals surface area contributed by atoms with Crippen molar-refractivity contribution >= 4 is 11.6 Å². The van der Waals surface area contributed by atoms with Gasteiger partial charge in [-0.2, -0.15) is 5.10 Å². The van der Waals surface area contributed by atoms with Crippen molar-refractivity contribution in [3.8, 4) is 11.3 Å². The Bertz CT molecular complexity index is 1130. The van der Waals surface area contributed by atoms with E-state index in [1.165, 1.54) is 5.56 Å². The molecule has 4 rings (SSSR count). The molecule has 146 valence electrons. The Morgan fingerprint density at radius 3 is 2.34 bits per heavy atom. The molecule has 0 aliphatic rings. The molecule has 6 heteroatoms. The number of hydrogen-bond donors (Lipinski definition) is 1. The number of amides is 1. The van der Waals surface area contributed by atoms with Crippen molar-refractivity contribution in [3.63, 3.8) is 0 Å². The molecule has 0 fully saturated rings. The van der Waals surface area contributed by atoms with Crippen molar-refractivity contribution in [2.45, 2.75) is 32.7 Å². The summed E-state index contributed by atoms with van der Waals surface area (Å²) in [5.74, 6) is 0.271. The molecule has 1 amide bonds. The number of benzene rings is 1. The predicted molar refractivity (Wildman–Crippen MR) is 113 cm³/mol. The molecule has 4 aromatic rings. The van der Waals surface area contributed by atoms with E-state index in [2.05, 4.69) is 58.5 Å². The van der Waals surface area contributed by atoms with E-state index in [0.717, 1.165) is 16.8 Å². The second-order valence-electron chi connectivity index (χ2n) is 7.38. The smallest absolute Gasteiger partial charge is 0.257 e. The van der Waals surface area contributed by atoms with Gasteiger partial charge in [-0.1, -0.05) is 38.1 Å². The fourth-order valence-electron chi connectivity index (χ4n) is 3.32. The Morgan fingerprint density at radius 1 is 0.931 bits per heavy atom. The third kappa shape index (κ3) is 3.74. The minimum Gasteiger partial charge on any atom is -0.345 e. The van der Waals surface area contributed by atoms with Crippen molar-refractivity contribution in [1.29, 1.82) is 0 Å². The number of hydrogen-bond acceptors (Lipinski definition) is 4. The van der Waals surface area contributed by atoms with E-state index in [1.807, 2.05) is 25.1 Å². The van der Waals surface area contributed by atoms with Crippen LogP contribution in [-0.4, -0.2) is 25.5 Å². The third-order valence-electron chi connectivity index (χ3n) is 5.07. The average Bonchev–Trinajstić information content (AvgIpc) is 3.19. The molecular formula is C23H23N5O. The summed E-state index contributed by atoms with van der Waals surface area (Å²) in [7, 11) is 0. The summed E-state index contributed by atoms with van der Waals surface area (Å²) < 4.78 is 1.72. The van der Waals surface area contributed by atoms with Gasteiger partial charge in [-0.25, -0.2) is 9.50 Å². The molecule has 0 radical (unpaired) electrons. The van der Waals surface area contributed by atoms with E-state index in [0.29, 0.717) is 17.1 Å². The van der Waals surface area contributed by atoms with Crippen LogP contribution in [0.4, 0.5) is 0 Å². The van der Waals surface area contributed by atoms with Crippen molar-refractivity contribution in [2.75, 3.05) is 0 Å². The van der Waals surface area contributed by atoms with E-state index in [1.54, 1.807) is 29.3 Å². The molecule has 1 N–H and O–H groups in total. The normalized spacial score (nSPS) is 12.3. The quantitative estimate of drug-likeness (QED) is 0.552. The molecule has 1 aromatic carbocycles. The summed E-state index contributed by atoms with van der Waals surface area (Å²) >= 11 is 0.